The molecule has 0 saturated carbocycles. The minimum absolute atomic E-state index is 0.250. The number of nitrogens with zero attached hydrogens (tertiary/aromatic N) is 3. The Morgan fingerprint density at radius 2 is 1.71 bits per heavy atom. The Labute approximate surface area is 202 Å². The molecule has 35 heavy (non-hydrogen) atoms. The van der Waals surface area contributed by atoms with Crippen LogP contribution in [0.25, 0.3) is 11.4 Å². The van der Waals surface area contributed by atoms with Gasteiger partial charge in [-0.3, -0.25) is 0 Å². The minimum atomic E-state index is -0.446. The molecule has 10 heteroatoms. The van der Waals surface area contributed by atoms with Gasteiger partial charge in [0.05, 0.1) is 13.2 Å². The smallest absolute Gasteiger partial charge is 0.373 e. The molecule has 1 aromatic heterocycles. The second kappa shape index (κ2) is 12.4. The Bertz CT molecular complexity index is 1190. The van der Waals surface area contributed by atoms with Crippen LogP contribution in [0.1, 0.15) is 18.2 Å². The van der Waals surface area contributed by atoms with Gasteiger partial charge < -0.3 is 20.3 Å². The third-order valence-electron chi connectivity index (χ3n) is 5.35. The number of aryl methyl sites for hydroxylation is 1. The lowest BCUT2D eigenvalue weighted by atomic mass is 10.1. The second-order valence-corrected chi connectivity index (χ2v) is 7.65. The number of urea groups is 1. The van der Waals surface area contributed by atoms with Gasteiger partial charge in [0.2, 0.25) is 0 Å². The van der Waals surface area contributed by atoms with Gasteiger partial charge in [0.1, 0.15) is 11.6 Å². The molecule has 2 amide bonds. The Morgan fingerprint density at radius 3 is 2.34 bits per heavy atom. The molecule has 1 aliphatic rings. The Morgan fingerprint density at radius 1 is 1.06 bits per heavy atom. The van der Waals surface area contributed by atoms with E-state index in [4.69, 9.17) is 24.3 Å². The topological polar surface area (TPSA) is 114 Å². The third kappa shape index (κ3) is 6.92. The highest BCUT2D eigenvalue weighted by atomic mass is 19.1. The first kappa shape index (κ1) is 25.5. The number of carbonyl (C=O) groups is 1. The fourth-order valence-electron chi connectivity index (χ4n) is 3.67. The number of halogens is 1. The second-order valence-electron chi connectivity index (χ2n) is 7.65. The maximum atomic E-state index is 13.3. The van der Waals surface area contributed by atoms with Crippen LogP contribution in [-0.4, -0.2) is 48.5 Å². The summed E-state index contributed by atoms with van der Waals surface area (Å²) in [4.78, 5) is 40.3. The molecule has 0 radical (unpaired) electrons. The van der Waals surface area contributed by atoms with Gasteiger partial charge in [-0.2, -0.15) is 9.59 Å². The van der Waals surface area contributed by atoms with E-state index in [0.717, 1.165) is 42.1 Å². The van der Waals surface area contributed by atoms with Gasteiger partial charge in [0, 0.05) is 41.3 Å². The standard InChI is InChI=1S/C24H26FN5O2.CO2/c1-3-21-16(2)23(30-11-13-32-14-12-30)29-22(28-21)17-7-9-19(10-8-17)26-24(31)27-20-6-4-5-18(25)15-20;2-1-3/h4-10,15H,3,11-14H2,1-2H3,(H2,26,27,31);. The van der Waals surface area contributed by atoms with E-state index in [1.165, 1.54) is 18.2 Å². The normalized spacial score (nSPS) is 12.7. The predicted molar refractivity (Wildman–Crippen MR) is 129 cm³/mol. The highest BCUT2D eigenvalue weighted by molar-refractivity contribution is 5.99. The summed E-state index contributed by atoms with van der Waals surface area (Å²) in [5.41, 5.74) is 3.98. The lowest BCUT2D eigenvalue weighted by molar-refractivity contribution is -0.191. The van der Waals surface area contributed by atoms with Crippen LogP contribution in [0.2, 0.25) is 0 Å². The van der Waals surface area contributed by atoms with E-state index in [0.29, 0.717) is 30.4 Å². The number of aromatic nitrogens is 2. The van der Waals surface area contributed by atoms with Crippen molar-refractivity contribution < 1.29 is 23.5 Å². The van der Waals surface area contributed by atoms with Crippen molar-refractivity contribution in [3.63, 3.8) is 0 Å². The number of carbonyl (C=O) groups excluding carboxylic acids is 3. The highest BCUT2D eigenvalue weighted by Gasteiger charge is 2.19. The average Bonchev–Trinajstić information content (AvgIpc) is 2.86. The van der Waals surface area contributed by atoms with Crippen LogP contribution in [0.5, 0.6) is 0 Å². The lowest BCUT2D eigenvalue weighted by Gasteiger charge is -2.29. The quantitative estimate of drug-likeness (QED) is 0.568. The molecule has 0 atom stereocenters. The van der Waals surface area contributed by atoms with Crippen LogP contribution in [0.4, 0.5) is 26.4 Å². The molecule has 4 rings (SSSR count). The Kier molecular flexibility index (Phi) is 9.00. The molecule has 0 unspecified atom stereocenters. The minimum Gasteiger partial charge on any atom is -0.378 e. The predicted octanol–water partition coefficient (Wildman–Crippen LogP) is 4.05. The van der Waals surface area contributed by atoms with E-state index in [1.807, 2.05) is 12.1 Å². The van der Waals surface area contributed by atoms with Crippen molar-refractivity contribution in [1.82, 2.24) is 9.97 Å². The van der Waals surface area contributed by atoms with Crippen molar-refractivity contribution >= 4 is 29.4 Å². The number of hydrogen-bond acceptors (Lipinski definition) is 7. The summed E-state index contributed by atoms with van der Waals surface area (Å²) in [6.07, 6.45) is 1.07. The molecule has 2 heterocycles. The SMILES string of the molecule is CCc1nc(-c2ccc(NC(=O)Nc3cccc(F)c3)cc2)nc(N2CCOCC2)c1C.O=C=O. The summed E-state index contributed by atoms with van der Waals surface area (Å²) in [7, 11) is 0. The maximum Gasteiger partial charge on any atom is 0.373 e. The first-order chi connectivity index (χ1) is 16.9. The molecule has 9 nitrogen and oxygen atoms in total. The molecule has 1 fully saturated rings. The van der Waals surface area contributed by atoms with Gasteiger partial charge in [-0.05, 0) is 55.8 Å². The third-order valence-corrected chi connectivity index (χ3v) is 5.35. The van der Waals surface area contributed by atoms with Crippen LogP contribution in [-0.2, 0) is 20.7 Å². The van der Waals surface area contributed by atoms with Gasteiger partial charge in [-0.15, -0.1) is 0 Å². The zero-order chi connectivity index (χ0) is 25.2. The number of nitrogens with one attached hydrogen (secondary N) is 2. The van der Waals surface area contributed by atoms with Crippen LogP contribution in [0.15, 0.2) is 48.5 Å². The molecule has 0 spiro atoms. The Hall–Kier alpha value is -4.14. The van der Waals surface area contributed by atoms with E-state index in [1.54, 1.807) is 18.2 Å². The fraction of sp³-hybridized carbons (Fsp3) is 0.280. The first-order valence-electron chi connectivity index (χ1n) is 11.1. The van der Waals surface area contributed by atoms with Gasteiger partial charge in [0.15, 0.2) is 5.82 Å². The van der Waals surface area contributed by atoms with Crippen molar-refractivity contribution in [3.05, 3.63) is 65.6 Å². The number of ether oxygens (including phenoxy) is 1. The zero-order valence-electron chi connectivity index (χ0n) is 19.5. The summed E-state index contributed by atoms with van der Waals surface area (Å²) in [5.74, 6) is 1.20. The number of amides is 2. The van der Waals surface area contributed by atoms with Crippen LogP contribution in [0.3, 0.4) is 0 Å². The fourth-order valence-corrected chi connectivity index (χ4v) is 3.67. The zero-order valence-corrected chi connectivity index (χ0v) is 19.5. The summed E-state index contributed by atoms with van der Waals surface area (Å²) in [6.45, 7) is 7.16. The van der Waals surface area contributed by atoms with Crippen LogP contribution in [0, 0.1) is 12.7 Å². The summed E-state index contributed by atoms with van der Waals surface area (Å²) >= 11 is 0. The Balaban J connectivity index is 0.00000108. The van der Waals surface area contributed by atoms with Gasteiger partial charge in [-0.1, -0.05) is 13.0 Å². The summed E-state index contributed by atoms with van der Waals surface area (Å²) in [5, 5.41) is 5.36. The van der Waals surface area contributed by atoms with E-state index < -0.39 is 11.8 Å². The first-order valence-corrected chi connectivity index (χ1v) is 11.1. The molecule has 2 aromatic carbocycles. The number of benzene rings is 2. The molecule has 0 bridgehead atoms. The number of rotatable bonds is 5. The highest BCUT2D eigenvalue weighted by Crippen LogP contribution is 2.26. The van der Waals surface area contributed by atoms with Crippen molar-refractivity contribution in [3.8, 4) is 11.4 Å². The molecule has 3 aromatic rings. The largest absolute Gasteiger partial charge is 0.378 e. The molecule has 1 saturated heterocycles. The molecule has 0 aliphatic carbocycles. The molecule has 1 aliphatic heterocycles. The van der Waals surface area contributed by atoms with Crippen molar-refractivity contribution in [2.24, 2.45) is 0 Å². The summed E-state index contributed by atoms with van der Waals surface area (Å²) in [6, 6.07) is 12.6. The van der Waals surface area contributed by atoms with E-state index >= 15 is 0 Å². The summed E-state index contributed by atoms with van der Waals surface area (Å²) < 4.78 is 18.8. The van der Waals surface area contributed by atoms with E-state index in [9.17, 15) is 9.18 Å². The van der Waals surface area contributed by atoms with Crippen molar-refractivity contribution in [2.75, 3.05) is 41.8 Å². The van der Waals surface area contributed by atoms with Gasteiger partial charge in [-0.25, -0.2) is 19.2 Å². The number of hydrogen-bond donors (Lipinski definition) is 2. The van der Waals surface area contributed by atoms with Crippen molar-refractivity contribution in [1.29, 1.82) is 0 Å². The number of anilines is 3. The van der Waals surface area contributed by atoms with E-state index in [2.05, 4.69) is 29.4 Å². The molecule has 182 valence electrons. The number of morpholine rings is 1. The molecular weight excluding hydrogens is 453 g/mol. The van der Waals surface area contributed by atoms with Crippen LogP contribution < -0.4 is 15.5 Å². The maximum absolute atomic E-state index is 13.3. The molecular formula is C25H26FN5O4. The van der Waals surface area contributed by atoms with Crippen molar-refractivity contribution in [2.45, 2.75) is 20.3 Å². The van der Waals surface area contributed by atoms with Crippen LogP contribution >= 0.6 is 0 Å². The van der Waals surface area contributed by atoms with E-state index in [-0.39, 0.29) is 6.15 Å². The monoisotopic (exact) mass is 479 g/mol. The average molecular weight is 480 g/mol. The lowest BCUT2D eigenvalue weighted by Crippen LogP contribution is -2.37. The van der Waals surface area contributed by atoms with Gasteiger partial charge >= 0.3 is 12.2 Å². The molecule has 2 N–H and O–H groups in total. The van der Waals surface area contributed by atoms with Gasteiger partial charge in [0.25, 0.3) is 0 Å².